The number of ether oxygens (including phenoxy) is 4. The quantitative estimate of drug-likeness (QED) is 0.586. The van der Waals surface area contributed by atoms with E-state index in [1.165, 1.54) is 0 Å². The summed E-state index contributed by atoms with van der Waals surface area (Å²) >= 11 is 0. The van der Waals surface area contributed by atoms with Crippen molar-refractivity contribution in [2.24, 2.45) is 0 Å². The molecule has 0 radical (unpaired) electrons. The molecule has 2 aliphatic rings. The van der Waals surface area contributed by atoms with Crippen LogP contribution < -0.4 is 0 Å². The third-order valence-corrected chi connectivity index (χ3v) is 4.48. The fourth-order valence-corrected chi connectivity index (χ4v) is 3.02. The summed E-state index contributed by atoms with van der Waals surface area (Å²) in [5.41, 5.74) is 0. The van der Waals surface area contributed by atoms with Crippen LogP contribution in [0.15, 0.2) is 0 Å². The highest BCUT2D eigenvalue weighted by molar-refractivity contribution is 5.75. The van der Waals surface area contributed by atoms with Crippen LogP contribution in [-0.2, 0) is 38.1 Å². The van der Waals surface area contributed by atoms with Crippen LogP contribution >= 0.6 is 0 Å². The number of hydrogen-bond acceptors (Lipinski definition) is 8. The monoisotopic (exact) mass is 384 g/mol. The van der Waals surface area contributed by atoms with Gasteiger partial charge in [-0.2, -0.15) is 0 Å². The van der Waals surface area contributed by atoms with E-state index in [0.717, 1.165) is 38.5 Å². The zero-order valence-corrected chi connectivity index (χ0v) is 15.7. The summed E-state index contributed by atoms with van der Waals surface area (Å²) in [4.78, 5) is 48.7. The molecule has 0 atom stereocenters. The minimum atomic E-state index is -2.76. The molecule has 8 heteroatoms. The normalized spacial score (nSPS) is 24.0. The third-order valence-electron chi connectivity index (χ3n) is 4.48. The summed E-state index contributed by atoms with van der Waals surface area (Å²) in [6, 6.07) is 0. The largest absolute Gasteiger partial charge is 0.619 e. The van der Waals surface area contributed by atoms with Gasteiger partial charge in [0, 0.05) is 25.7 Å². The lowest BCUT2D eigenvalue weighted by Crippen LogP contribution is -2.48. The van der Waals surface area contributed by atoms with Crippen LogP contribution in [0.5, 0.6) is 0 Å². The fraction of sp³-hybridized carbons (Fsp3) is 0.789. The smallest absolute Gasteiger partial charge is 0.352 e. The van der Waals surface area contributed by atoms with Crippen LogP contribution in [0.25, 0.3) is 0 Å². The summed E-state index contributed by atoms with van der Waals surface area (Å²) in [5, 5.41) is 0. The molecule has 0 saturated carbocycles. The van der Waals surface area contributed by atoms with Gasteiger partial charge in [0.05, 0.1) is 0 Å². The summed E-state index contributed by atoms with van der Waals surface area (Å²) < 4.78 is 20.4. The molecule has 0 aromatic carbocycles. The lowest BCUT2D eigenvalue weighted by Gasteiger charge is -2.29. The number of hydrogen-bond donors (Lipinski definition) is 0. The van der Waals surface area contributed by atoms with Gasteiger partial charge in [-0.25, -0.2) is 0 Å². The predicted octanol–water partition coefficient (Wildman–Crippen LogP) is 3.26. The molecule has 152 valence electrons. The van der Waals surface area contributed by atoms with E-state index in [1.54, 1.807) is 0 Å². The van der Waals surface area contributed by atoms with Crippen molar-refractivity contribution < 1.29 is 38.1 Å². The lowest BCUT2D eigenvalue weighted by atomic mass is 10.1. The molecule has 0 aromatic heterocycles. The average molecular weight is 384 g/mol. The maximum absolute atomic E-state index is 12.2. The van der Waals surface area contributed by atoms with Crippen molar-refractivity contribution in [3.63, 3.8) is 0 Å². The van der Waals surface area contributed by atoms with Crippen LogP contribution in [0.4, 0.5) is 0 Å². The van der Waals surface area contributed by atoms with Gasteiger partial charge >= 0.3 is 30.0 Å². The van der Waals surface area contributed by atoms with Gasteiger partial charge in [-0.1, -0.05) is 38.5 Å². The highest BCUT2D eigenvalue weighted by Crippen LogP contribution is 2.25. The van der Waals surface area contributed by atoms with E-state index in [9.17, 15) is 19.2 Å². The molecular formula is C19H28O8. The van der Waals surface area contributed by atoms with Crippen molar-refractivity contribution in [2.75, 3.05) is 0 Å². The Kier molecular flexibility index (Phi) is 8.54. The molecule has 2 rings (SSSR count). The summed E-state index contributed by atoms with van der Waals surface area (Å²) in [5.74, 6) is -3.01. The summed E-state index contributed by atoms with van der Waals surface area (Å²) in [6.07, 6.45) is 4.85. The number of carbonyl (C=O) groups excluding carboxylic acids is 4. The minimum Gasteiger partial charge on any atom is -0.352 e. The maximum atomic E-state index is 12.2. The second kappa shape index (κ2) is 10.9. The van der Waals surface area contributed by atoms with Crippen molar-refractivity contribution in [3.05, 3.63) is 0 Å². The second-order valence-electron chi connectivity index (χ2n) is 6.93. The summed E-state index contributed by atoms with van der Waals surface area (Å²) in [7, 11) is 0. The van der Waals surface area contributed by atoms with Gasteiger partial charge in [0.2, 0.25) is 0 Å². The Bertz CT molecular complexity index is 446. The van der Waals surface area contributed by atoms with Gasteiger partial charge in [0.25, 0.3) is 0 Å². The molecule has 1 spiro atoms. The van der Waals surface area contributed by atoms with Gasteiger partial charge in [0.15, 0.2) is 0 Å². The number of rotatable bonds is 0. The maximum Gasteiger partial charge on any atom is 0.619 e. The zero-order chi connectivity index (χ0) is 19.5. The first-order valence-electron chi connectivity index (χ1n) is 9.86. The van der Waals surface area contributed by atoms with Crippen molar-refractivity contribution in [1.29, 1.82) is 0 Å². The van der Waals surface area contributed by atoms with Crippen molar-refractivity contribution in [3.8, 4) is 0 Å². The molecule has 0 aliphatic carbocycles. The van der Waals surface area contributed by atoms with Crippen LogP contribution in [-0.4, -0.2) is 30.0 Å². The highest BCUT2D eigenvalue weighted by atomic mass is 17.0. The molecular weight excluding hydrogens is 356 g/mol. The van der Waals surface area contributed by atoms with Crippen LogP contribution in [0, 0.1) is 0 Å². The van der Waals surface area contributed by atoms with Gasteiger partial charge in [-0.15, -0.1) is 0 Å². The Morgan fingerprint density at radius 2 is 0.630 bits per heavy atom. The van der Waals surface area contributed by atoms with E-state index in [4.69, 9.17) is 18.9 Å². The van der Waals surface area contributed by atoms with Gasteiger partial charge < -0.3 is 18.9 Å². The van der Waals surface area contributed by atoms with Crippen molar-refractivity contribution >= 4 is 23.9 Å². The van der Waals surface area contributed by atoms with E-state index >= 15 is 0 Å². The first-order chi connectivity index (χ1) is 13.0. The van der Waals surface area contributed by atoms with Gasteiger partial charge in [0.1, 0.15) is 0 Å². The average Bonchev–Trinajstić information content (AvgIpc) is 2.57. The molecule has 0 bridgehead atoms. The first kappa shape index (κ1) is 21.2. The van der Waals surface area contributed by atoms with Gasteiger partial charge in [-0.05, 0) is 25.7 Å². The zero-order valence-electron chi connectivity index (χ0n) is 15.7. The molecule has 2 heterocycles. The molecule has 0 N–H and O–H groups in total. The third kappa shape index (κ3) is 7.97. The predicted molar refractivity (Wildman–Crippen MR) is 91.7 cm³/mol. The van der Waals surface area contributed by atoms with E-state index in [0.29, 0.717) is 25.7 Å². The van der Waals surface area contributed by atoms with Crippen molar-refractivity contribution in [2.45, 2.75) is 96.1 Å². The van der Waals surface area contributed by atoms with E-state index in [2.05, 4.69) is 0 Å². The summed E-state index contributed by atoms with van der Waals surface area (Å²) in [6.45, 7) is 0. The Hall–Kier alpha value is -2.12. The molecule has 0 unspecified atom stereocenters. The molecule has 8 nitrogen and oxygen atoms in total. The number of carbonyl (C=O) groups is 4. The van der Waals surface area contributed by atoms with Crippen LogP contribution in [0.2, 0.25) is 0 Å². The standard InChI is InChI=1S/C19H28O8/c20-15-11-7-3-1-4-8-12-16(21)25-19(24-15)26-17(22)13-9-5-2-6-10-14-18(23)27-19/h1-14H2. The Morgan fingerprint density at radius 3 is 0.889 bits per heavy atom. The molecule has 2 fully saturated rings. The van der Waals surface area contributed by atoms with Crippen molar-refractivity contribution in [1.82, 2.24) is 0 Å². The van der Waals surface area contributed by atoms with E-state index < -0.39 is 30.0 Å². The molecule has 2 aliphatic heterocycles. The molecule has 0 aromatic rings. The molecule has 0 amide bonds. The highest BCUT2D eigenvalue weighted by Gasteiger charge is 2.49. The van der Waals surface area contributed by atoms with Crippen LogP contribution in [0.3, 0.4) is 0 Å². The Balaban J connectivity index is 2.23. The molecule has 2 saturated heterocycles. The molecule has 27 heavy (non-hydrogen) atoms. The lowest BCUT2D eigenvalue weighted by molar-refractivity contribution is -0.432. The second-order valence-corrected chi connectivity index (χ2v) is 6.93. The SMILES string of the molecule is O=C1CCCCCCCC(=O)OC2(O1)OC(=O)CCCCCCCC(=O)O2. The van der Waals surface area contributed by atoms with Crippen LogP contribution in [0.1, 0.15) is 89.9 Å². The topological polar surface area (TPSA) is 105 Å². The fourth-order valence-electron chi connectivity index (χ4n) is 3.02. The first-order valence-corrected chi connectivity index (χ1v) is 9.86. The van der Waals surface area contributed by atoms with E-state index in [1.807, 2.05) is 0 Å². The Labute approximate surface area is 158 Å². The number of esters is 4. The minimum absolute atomic E-state index is 0.0500. The van der Waals surface area contributed by atoms with E-state index in [-0.39, 0.29) is 25.7 Å². The Morgan fingerprint density at radius 1 is 0.407 bits per heavy atom. The van der Waals surface area contributed by atoms with Gasteiger partial charge in [-0.3, -0.25) is 19.2 Å².